The molecule has 2 fully saturated rings. The van der Waals surface area contributed by atoms with Crippen molar-refractivity contribution in [3.05, 3.63) is 28.8 Å². The van der Waals surface area contributed by atoms with Gasteiger partial charge < -0.3 is 15.5 Å². The lowest BCUT2D eigenvalue weighted by Gasteiger charge is -2.50. The van der Waals surface area contributed by atoms with Gasteiger partial charge in [-0.1, -0.05) is 0 Å². The fourth-order valence-electron chi connectivity index (χ4n) is 3.60. The first-order valence-corrected chi connectivity index (χ1v) is 9.22. The van der Waals surface area contributed by atoms with E-state index in [1.54, 1.807) is 16.7 Å². The molecule has 148 valence electrons. The number of aromatic amines is 1. The van der Waals surface area contributed by atoms with E-state index in [9.17, 15) is 14.4 Å². The smallest absolute Gasteiger partial charge is 0.276 e. The number of aromatic nitrogens is 5. The summed E-state index contributed by atoms with van der Waals surface area (Å²) in [4.78, 5) is 41.0. The molecule has 0 bridgehead atoms. The van der Waals surface area contributed by atoms with Crippen LogP contribution in [-0.2, 0) is 6.54 Å². The van der Waals surface area contributed by atoms with Gasteiger partial charge in [-0.15, -0.1) is 5.10 Å². The van der Waals surface area contributed by atoms with Gasteiger partial charge in [0.15, 0.2) is 11.4 Å². The number of rotatable bonds is 5. The molecular formula is C17H22N8O3. The summed E-state index contributed by atoms with van der Waals surface area (Å²) in [6.07, 6.45) is 0. The molecule has 0 aromatic carbocycles. The molecule has 2 aromatic rings. The highest BCUT2D eigenvalue weighted by atomic mass is 16.2. The van der Waals surface area contributed by atoms with E-state index in [1.165, 1.54) is 10.9 Å². The molecule has 2 saturated heterocycles. The Morgan fingerprint density at radius 2 is 1.71 bits per heavy atom. The van der Waals surface area contributed by atoms with E-state index in [2.05, 4.69) is 20.4 Å². The van der Waals surface area contributed by atoms with E-state index >= 15 is 0 Å². The van der Waals surface area contributed by atoms with Crippen LogP contribution >= 0.6 is 0 Å². The average molecular weight is 386 g/mol. The van der Waals surface area contributed by atoms with Crippen molar-refractivity contribution in [3.8, 4) is 0 Å². The highest BCUT2D eigenvalue weighted by molar-refractivity contribution is 5.97. The minimum absolute atomic E-state index is 0.0452. The third-order valence-corrected chi connectivity index (χ3v) is 5.43. The van der Waals surface area contributed by atoms with Crippen LogP contribution < -0.4 is 5.73 Å². The number of nitrogens with two attached hydrogens (primary N) is 1. The second kappa shape index (κ2) is 6.73. The van der Waals surface area contributed by atoms with Crippen LogP contribution in [0.5, 0.6) is 0 Å². The van der Waals surface area contributed by atoms with Gasteiger partial charge in [-0.3, -0.25) is 19.5 Å². The average Bonchev–Trinajstić information content (AvgIpc) is 3.21. The van der Waals surface area contributed by atoms with Crippen molar-refractivity contribution in [2.24, 2.45) is 17.6 Å². The molecule has 2 aliphatic rings. The van der Waals surface area contributed by atoms with E-state index in [0.717, 1.165) is 0 Å². The Bertz CT molecular complexity index is 936. The number of nitrogens with zero attached hydrogens (tertiary/aromatic N) is 6. The number of amides is 3. The Hall–Kier alpha value is -3.24. The minimum Gasteiger partial charge on any atom is -0.364 e. The van der Waals surface area contributed by atoms with Crippen LogP contribution in [0.15, 0.2) is 6.07 Å². The standard InChI is InChI=1S/C17H22N8O3/c1-3-25-21-9(2)14(22-25)17(28)24-7-11(8-24)10-5-23(6-10)16(27)13-4-12(15(18)26)19-20-13/h4,10-11H,3,5-8H2,1-2H3,(H2,18,26)(H,19,20). The molecule has 0 saturated carbocycles. The number of carbonyl (C=O) groups excluding carboxylic acids is 3. The SMILES string of the molecule is CCn1nc(C)c(C(=O)N2CC(C3CN(C(=O)c4cc(C(N)=O)n[nH]4)C3)C2)n1. The highest BCUT2D eigenvalue weighted by Gasteiger charge is 2.44. The Balaban J connectivity index is 1.27. The molecule has 0 spiro atoms. The zero-order chi connectivity index (χ0) is 20.0. The van der Waals surface area contributed by atoms with Gasteiger partial charge in [-0.25, -0.2) is 0 Å². The minimum atomic E-state index is -0.676. The lowest BCUT2D eigenvalue weighted by Crippen LogP contribution is -2.61. The number of primary amides is 1. The first kappa shape index (κ1) is 18.1. The van der Waals surface area contributed by atoms with E-state index < -0.39 is 5.91 Å². The molecule has 0 unspecified atom stereocenters. The Morgan fingerprint density at radius 1 is 1.11 bits per heavy atom. The summed E-state index contributed by atoms with van der Waals surface area (Å²) in [5, 5.41) is 14.7. The van der Waals surface area contributed by atoms with Crippen LogP contribution in [0, 0.1) is 18.8 Å². The summed E-state index contributed by atoms with van der Waals surface area (Å²) in [7, 11) is 0. The molecule has 4 heterocycles. The van der Waals surface area contributed by atoms with Crippen molar-refractivity contribution in [3.63, 3.8) is 0 Å². The third kappa shape index (κ3) is 3.02. The molecule has 0 radical (unpaired) electrons. The lowest BCUT2D eigenvalue weighted by molar-refractivity contribution is -0.00925. The quantitative estimate of drug-likeness (QED) is 0.694. The monoisotopic (exact) mass is 386 g/mol. The van der Waals surface area contributed by atoms with Crippen LogP contribution in [0.2, 0.25) is 0 Å². The predicted octanol–water partition coefficient (Wildman–Crippen LogP) is -0.727. The van der Waals surface area contributed by atoms with Crippen LogP contribution in [-0.4, -0.2) is 78.9 Å². The van der Waals surface area contributed by atoms with Crippen molar-refractivity contribution >= 4 is 17.7 Å². The van der Waals surface area contributed by atoms with Crippen molar-refractivity contribution in [2.75, 3.05) is 26.2 Å². The van der Waals surface area contributed by atoms with Crippen LogP contribution in [0.4, 0.5) is 0 Å². The summed E-state index contributed by atoms with van der Waals surface area (Å²) in [5.41, 5.74) is 6.51. The second-order valence-electron chi connectivity index (χ2n) is 7.29. The van der Waals surface area contributed by atoms with Gasteiger partial charge in [0.25, 0.3) is 17.7 Å². The predicted molar refractivity (Wildman–Crippen MR) is 96.3 cm³/mol. The number of H-pyrrole nitrogens is 1. The summed E-state index contributed by atoms with van der Waals surface area (Å²) < 4.78 is 0. The van der Waals surface area contributed by atoms with Crippen molar-refractivity contribution in [1.29, 1.82) is 0 Å². The van der Waals surface area contributed by atoms with Gasteiger partial charge in [0, 0.05) is 44.1 Å². The van der Waals surface area contributed by atoms with Crippen LogP contribution in [0.25, 0.3) is 0 Å². The number of aryl methyl sites for hydroxylation is 2. The van der Waals surface area contributed by atoms with Gasteiger partial charge in [-0.05, 0) is 13.8 Å². The molecule has 3 N–H and O–H groups in total. The topological polar surface area (TPSA) is 143 Å². The fraction of sp³-hybridized carbons (Fsp3) is 0.529. The van der Waals surface area contributed by atoms with Crippen LogP contribution in [0.3, 0.4) is 0 Å². The first-order chi connectivity index (χ1) is 13.4. The number of carbonyl (C=O) groups is 3. The second-order valence-corrected chi connectivity index (χ2v) is 7.29. The molecular weight excluding hydrogens is 364 g/mol. The van der Waals surface area contributed by atoms with E-state index in [-0.39, 0.29) is 23.2 Å². The number of hydrogen-bond acceptors (Lipinski definition) is 6. The Morgan fingerprint density at radius 3 is 2.21 bits per heavy atom. The normalized spacial score (nSPS) is 17.4. The maximum absolute atomic E-state index is 12.6. The van der Waals surface area contributed by atoms with Crippen molar-refractivity contribution in [2.45, 2.75) is 20.4 Å². The molecule has 0 atom stereocenters. The van der Waals surface area contributed by atoms with Gasteiger partial charge in [0.1, 0.15) is 5.69 Å². The number of likely N-dealkylation sites (tertiary alicyclic amines) is 2. The largest absolute Gasteiger partial charge is 0.364 e. The summed E-state index contributed by atoms with van der Waals surface area (Å²) in [6, 6.07) is 1.37. The molecule has 11 nitrogen and oxygen atoms in total. The fourth-order valence-corrected chi connectivity index (χ4v) is 3.60. The molecule has 3 amide bonds. The number of nitrogens with one attached hydrogen (secondary N) is 1. The maximum Gasteiger partial charge on any atom is 0.276 e. The van der Waals surface area contributed by atoms with Crippen LogP contribution in [0.1, 0.15) is 44.1 Å². The zero-order valence-corrected chi connectivity index (χ0v) is 15.8. The Kier molecular flexibility index (Phi) is 4.36. The molecule has 4 rings (SSSR count). The van der Waals surface area contributed by atoms with Crippen molar-refractivity contribution in [1.82, 2.24) is 35.0 Å². The number of hydrogen-bond donors (Lipinski definition) is 2. The molecule has 11 heteroatoms. The summed E-state index contributed by atoms with van der Waals surface area (Å²) >= 11 is 0. The molecule has 2 aromatic heterocycles. The Labute approximate surface area is 160 Å². The maximum atomic E-state index is 12.6. The van der Waals surface area contributed by atoms with Gasteiger partial charge >= 0.3 is 0 Å². The zero-order valence-electron chi connectivity index (χ0n) is 15.8. The highest BCUT2D eigenvalue weighted by Crippen LogP contribution is 2.32. The van der Waals surface area contributed by atoms with Gasteiger partial charge in [0.2, 0.25) is 0 Å². The first-order valence-electron chi connectivity index (χ1n) is 9.22. The summed E-state index contributed by atoms with van der Waals surface area (Å²) in [6.45, 7) is 6.93. The van der Waals surface area contributed by atoms with E-state index in [4.69, 9.17) is 5.73 Å². The van der Waals surface area contributed by atoms with E-state index in [0.29, 0.717) is 55.9 Å². The molecule has 28 heavy (non-hydrogen) atoms. The van der Waals surface area contributed by atoms with Gasteiger partial charge in [-0.2, -0.15) is 15.0 Å². The lowest BCUT2D eigenvalue weighted by atomic mass is 9.80. The summed E-state index contributed by atoms with van der Waals surface area (Å²) in [5.74, 6) is -0.228. The van der Waals surface area contributed by atoms with E-state index in [1.807, 2.05) is 6.92 Å². The third-order valence-electron chi connectivity index (χ3n) is 5.43. The van der Waals surface area contributed by atoms with Crippen molar-refractivity contribution < 1.29 is 14.4 Å². The molecule has 2 aliphatic heterocycles. The molecule has 0 aliphatic carbocycles. The van der Waals surface area contributed by atoms with Gasteiger partial charge in [0.05, 0.1) is 12.2 Å².